The first kappa shape index (κ1) is 56.4. The van der Waals surface area contributed by atoms with E-state index in [2.05, 4.69) is 21.3 Å². The highest BCUT2D eigenvalue weighted by atomic mass is 16.7. The summed E-state index contributed by atoms with van der Waals surface area (Å²) in [5.41, 5.74) is 4.35. The van der Waals surface area contributed by atoms with Crippen molar-refractivity contribution in [3.05, 3.63) is 237 Å². The van der Waals surface area contributed by atoms with Crippen molar-refractivity contribution in [2.75, 3.05) is 138 Å². The highest BCUT2D eigenvalue weighted by Crippen LogP contribution is 2.41. The molecule has 10 atom stereocenters. The third-order valence-corrected chi connectivity index (χ3v) is 20.2. The van der Waals surface area contributed by atoms with Crippen LogP contribution in [0.1, 0.15) is 189 Å². The molecule has 140 heavy (non-hydrogen) atoms. The van der Waals surface area contributed by atoms with Crippen LogP contribution in [0.4, 0.5) is 0 Å². The SMILES string of the molecule is [2H]C(C)(Cc1ccc2c(c1)OC([2H])([2H])O2)NC.[2H]C(C)(Cc1ccc2c(c1)OCO2)NC.[2H]C([2H])([2H])NC([2H])(C)Cc1ccc2c(c1)OC([2H])([2H])O2.[2H]C([2H])([2H])NC([2H])(C)Cc1ccc2c(c1)OCO2.[2H]N(C([2H])([2H])[2H])C([2H])(C)Cc1ccc2c(c1)OCO2.[2H]N(C)C([2H])(C)Cc1ccc2c(c1)OC([2H])([2H])O2.[2H]N(C)C([2H])(C)Cc1ccc2c(c1)OCO2.[2H]c1c([2H])c(C([2H])([2H])C(C)N([2H])C([2H])([2H])[2H])c([2H])c2c1OC([2H])([2H])O2.[2H]c1c([2H])c(C([2H])([2H])C(C)N([2H])C([2H])([2H])[2H])c([2H])c2c1OCO2.[2H]c1c([2H])c(C([2H])([2H])C(C)N([2H])C)c([2H])c2c1OC([2H])([2H])O2. The van der Waals surface area contributed by atoms with Crippen molar-refractivity contribution in [2.45, 2.75) is 194 Å². The Hall–Kier alpha value is -12.2. The van der Waals surface area contributed by atoms with Gasteiger partial charge in [-0.1, -0.05) is 60.6 Å². The molecule has 0 amide bonds. The van der Waals surface area contributed by atoms with Gasteiger partial charge in [-0.15, -0.1) is 0 Å². The first-order chi connectivity index (χ1) is 87.9. The molecule has 20 rings (SSSR count). The minimum absolute atomic E-state index is 0.0410. The van der Waals surface area contributed by atoms with E-state index < -0.39 is 236 Å². The molecule has 0 aromatic heterocycles. The largest absolute Gasteiger partial charge is 0.454 e. The molecule has 10 unspecified atom stereocenters. The monoisotopic (exact) mass is 1980 g/mol. The Labute approximate surface area is 903 Å². The van der Waals surface area contributed by atoms with Crippen molar-refractivity contribution in [1.29, 1.82) is 0 Å². The van der Waals surface area contributed by atoms with Crippen LogP contribution in [0, 0.1) is 0 Å². The maximum atomic E-state index is 8.17. The van der Waals surface area contributed by atoms with Gasteiger partial charge in [-0.25, -0.2) is 0 Å². The first-order valence-electron chi connectivity index (χ1n) is 69.6. The van der Waals surface area contributed by atoms with Crippen LogP contribution >= 0.6 is 0 Å². The van der Waals surface area contributed by atoms with Crippen molar-refractivity contribution < 1.29 is 168 Å². The molecule has 10 aliphatic rings. The fraction of sp³-hybridized carbons (Fsp3) is 0.455. The third kappa shape index (κ3) is 34.6. The molecular formula is C110H150N10O20. The van der Waals surface area contributed by atoms with Gasteiger partial charge in [0.2, 0.25) is 67.7 Å². The van der Waals surface area contributed by atoms with E-state index >= 15 is 0 Å². The molecule has 0 spiro atoms. The fourth-order valence-corrected chi connectivity index (χ4v) is 12.5. The molecule has 10 aliphatic heterocycles. The van der Waals surface area contributed by atoms with Gasteiger partial charge in [0.05, 0.1) is 12.3 Å². The van der Waals surface area contributed by atoms with Crippen LogP contribution in [0.3, 0.4) is 0 Å². The summed E-state index contributed by atoms with van der Waals surface area (Å²) in [6, 6.07) is 19.8. The number of likely N-dealkylation sites (N-methyl/N-ethyl adjacent to an activating group) is 10. The standard InChI is InChI=1S/10C11H15NO2/c10*1-8(12-2)5-9-3-4-10-11(6-9)14-7-13-10/h10*3-4,6,8,12H,5,7H2,1-2H3/i2D3,3D,4D,5D2,6D,7D2;3D,4D,5D2,6D,7D2;2D3,3D,4D,5D2,6D;2D3,7D2,8D;2*7D2,8D;2*2D3,8D;2*8D/hD6. The minimum Gasteiger partial charge on any atom is -0.454 e. The number of ether oxygens (including phenoxy) is 20. The minimum atomic E-state index is -2.94. The van der Waals surface area contributed by atoms with Gasteiger partial charge in [0.1, 0.15) is 22.2 Å². The topological polar surface area (TPSA) is 305 Å². The molecule has 30 heteroatoms. The molecule has 0 saturated heterocycles. The predicted octanol–water partition coefficient (Wildman–Crippen LogP) is 15.7. The smallest absolute Gasteiger partial charge is 0.231 e. The van der Waals surface area contributed by atoms with E-state index in [1.54, 1.807) is 121 Å². The maximum absolute atomic E-state index is 8.17. The Morgan fingerprint density at radius 1 is 0.236 bits per heavy atom. The van der Waals surface area contributed by atoms with E-state index in [9.17, 15) is 0 Å². The van der Waals surface area contributed by atoms with Crippen molar-refractivity contribution in [1.82, 2.24) is 53.1 Å². The van der Waals surface area contributed by atoms with Gasteiger partial charge in [-0.2, -0.15) is 0 Å². The van der Waals surface area contributed by atoms with Crippen molar-refractivity contribution in [2.24, 2.45) is 0 Å². The average molecular weight is 1990 g/mol. The van der Waals surface area contributed by atoms with Gasteiger partial charge in [0.25, 0.3) is 0 Å². The Bertz CT molecular complexity index is 8070. The predicted molar refractivity (Wildman–Crippen MR) is 548 cm³/mol. The van der Waals surface area contributed by atoms with E-state index in [-0.39, 0.29) is 85.8 Å². The normalized spacial score (nSPS) is 25.4. The zero-order chi connectivity index (χ0) is 146. The van der Waals surface area contributed by atoms with E-state index in [4.69, 9.17) is 168 Å². The summed E-state index contributed by atoms with van der Waals surface area (Å²) in [6.07, 6.45) is -5.05. The maximum Gasteiger partial charge on any atom is 0.231 e. The zero-order valence-electron chi connectivity index (χ0n) is 133. The highest BCUT2D eigenvalue weighted by molar-refractivity contribution is 5.52. The second kappa shape index (κ2) is 56.9. The lowest BCUT2D eigenvalue weighted by Gasteiger charge is -2.10. The summed E-state index contributed by atoms with van der Waals surface area (Å²) in [6.45, 7) is -9.05. The van der Waals surface area contributed by atoms with Crippen molar-refractivity contribution in [3.63, 3.8) is 0 Å². The summed E-state index contributed by atoms with van der Waals surface area (Å²) < 4.78 is 503. The summed E-state index contributed by atoms with van der Waals surface area (Å²) in [5.74, 6) is 5.50. The van der Waals surface area contributed by atoms with Crippen molar-refractivity contribution in [3.8, 4) is 115 Å². The van der Waals surface area contributed by atoms with E-state index in [0.29, 0.717) is 89.3 Å². The first-order valence-corrected chi connectivity index (χ1v) is 43.4. The quantitative estimate of drug-likeness (QED) is 0.0200. The van der Waals surface area contributed by atoms with Crippen LogP contribution in [0.2, 0.25) is 8.47 Å². The molecule has 10 aromatic carbocycles. The van der Waals surface area contributed by atoms with Gasteiger partial charge >= 0.3 is 0 Å². The molecule has 0 radical (unpaired) electrons. The van der Waals surface area contributed by atoms with Crippen LogP contribution in [0.25, 0.3) is 0 Å². The number of fused-ring (bicyclic) bond motifs is 10. The Morgan fingerprint density at radius 3 is 0.714 bits per heavy atom. The molecular weight excluding hydrogens is 1780 g/mol. The van der Waals surface area contributed by atoms with Gasteiger partial charge in [0.15, 0.2) is 115 Å². The Balaban J connectivity index is 0.000000198. The molecule has 0 saturated carbocycles. The van der Waals surface area contributed by atoms with E-state index in [0.717, 1.165) is 79.2 Å². The third-order valence-electron chi connectivity index (χ3n) is 20.2. The second-order valence-corrected chi connectivity index (χ2v) is 31.0. The summed E-state index contributed by atoms with van der Waals surface area (Å²) in [4.78, 5) is 0. The van der Waals surface area contributed by atoms with Crippen LogP contribution in [-0.2, 0) is 64.1 Å². The summed E-state index contributed by atoms with van der Waals surface area (Å²) in [7, 11) is 7.97. The number of benzene rings is 10. The second-order valence-electron chi connectivity index (χ2n) is 31.0. The molecule has 0 fully saturated rings. The molecule has 0 aliphatic carbocycles. The van der Waals surface area contributed by atoms with Crippen LogP contribution in [0.5, 0.6) is 115 Å². The number of hydrogen-bond donors (Lipinski definition) is 10. The van der Waals surface area contributed by atoms with Crippen LogP contribution in [0.15, 0.2) is 182 Å². The van der Waals surface area contributed by atoms with E-state index in [1.165, 1.54) is 48.7 Å². The lowest BCUT2D eigenvalue weighted by Crippen LogP contribution is -2.23. The highest BCUT2D eigenvalue weighted by Gasteiger charge is 2.24. The number of rotatable bonds is 30. The number of hydrogen-bond acceptors (Lipinski definition) is 30. The molecule has 760 valence electrons. The van der Waals surface area contributed by atoms with Gasteiger partial charge in [0, 0.05) is 98.6 Å². The summed E-state index contributed by atoms with van der Waals surface area (Å²) >= 11 is 0. The zero-order valence-corrected chi connectivity index (χ0v) is 79.7. The Kier molecular flexibility index (Phi) is 22.9. The summed E-state index contributed by atoms with van der Waals surface area (Å²) in [5, 5.41) is 14.0. The van der Waals surface area contributed by atoms with Crippen LogP contribution in [-0.4, -0.2) is 198 Å². The molecule has 30 nitrogen and oxygen atoms in total. The molecule has 10 heterocycles. The molecule has 0 bridgehead atoms. The van der Waals surface area contributed by atoms with Gasteiger partial charge in [-0.3, -0.25) is 0 Å². The number of nitrogens with one attached hydrogen (secondary N) is 10. The molecule has 10 N–H and O–H groups in total. The molecule has 10 aromatic rings. The average Bonchev–Trinajstić information content (AvgIpc) is 1.62. The fourth-order valence-electron chi connectivity index (χ4n) is 12.5. The lowest BCUT2D eigenvalue weighted by molar-refractivity contribution is 0.173. The van der Waals surface area contributed by atoms with Crippen LogP contribution < -0.4 is 148 Å². The van der Waals surface area contributed by atoms with E-state index in [1.807, 2.05) is 55.5 Å². The Morgan fingerprint density at radius 2 is 0.443 bits per heavy atom. The van der Waals surface area contributed by atoms with Gasteiger partial charge < -0.3 is 148 Å². The van der Waals surface area contributed by atoms with Crippen molar-refractivity contribution >= 4 is 0 Å². The lowest BCUT2D eigenvalue weighted by atomic mass is 10.1. The van der Waals surface area contributed by atoms with Gasteiger partial charge in [-0.05, 0) is 380 Å².